The lowest BCUT2D eigenvalue weighted by atomic mass is 9.83. The Balaban J connectivity index is 1.58. The second-order valence-electron chi connectivity index (χ2n) is 8.72. The molecule has 4 rings (SSSR count). The Morgan fingerprint density at radius 1 is 1.03 bits per heavy atom. The number of piperidine rings is 1. The Kier molecular flexibility index (Phi) is 7.03. The molecule has 3 atom stereocenters. The second-order valence-corrected chi connectivity index (χ2v) is 8.72. The fourth-order valence-electron chi connectivity index (χ4n) is 4.87. The summed E-state index contributed by atoms with van der Waals surface area (Å²) in [6.45, 7) is 1.91. The summed E-state index contributed by atoms with van der Waals surface area (Å²) in [6.07, 6.45) is 4.36. The smallest absolute Gasteiger partial charge is 0.227 e. The number of amides is 2. The summed E-state index contributed by atoms with van der Waals surface area (Å²) in [5.41, 5.74) is 2.10. The number of nitrogens with zero attached hydrogens (tertiary/aromatic N) is 2. The van der Waals surface area contributed by atoms with Gasteiger partial charge in [0.05, 0.1) is 18.1 Å². The SMILES string of the molecule is CN(CC1CCCCO1)C(=O)C1CCC(=O)N(Cc2ccccc2)C1c1ccccc1. The molecule has 3 unspecified atom stereocenters. The van der Waals surface area contributed by atoms with Gasteiger partial charge in [0.25, 0.3) is 0 Å². The average Bonchev–Trinajstić information content (AvgIpc) is 2.81. The van der Waals surface area contributed by atoms with Crippen LogP contribution in [0.5, 0.6) is 0 Å². The molecule has 5 nitrogen and oxygen atoms in total. The molecular formula is C26H32N2O3. The molecular weight excluding hydrogens is 388 g/mol. The Morgan fingerprint density at radius 2 is 1.74 bits per heavy atom. The number of carbonyl (C=O) groups is 2. The molecule has 5 heteroatoms. The van der Waals surface area contributed by atoms with Crippen LogP contribution in [0, 0.1) is 5.92 Å². The van der Waals surface area contributed by atoms with Crippen molar-refractivity contribution in [3.63, 3.8) is 0 Å². The number of hydrogen-bond acceptors (Lipinski definition) is 3. The predicted molar refractivity (Wildman–Crippen MR) is 120 cm³/mol. The first-order valence-electron chi connectivity index (χ1n) is 11.4. The molecule has 2 aromatic rings. The molecule has 0 aliphatic carbocycles. The Labute approximate surface area is 185 Å². The molecule has 31 heavy (non-hydrogen) atoms. The zero-order valence-electron chi connectivity index (χ0n) is 18.3. The standard InChI is InChI=1S/C26H32N2O3/c1-27(19-22-14-8-9-17-31-22)26(30)23-15-16-24(29)28(18-20-10-4-2-5-11-20)25(23)21-12-6-3-7-13-21/h2-7,10-13,22-23,25H,8-9,14-19H2,1H3. The lowest BCUT2D eigenvalue weighted by Gasteiger charge is -2.42. The lowest BCUT2D eigenvalue weighted by molar-refractivity contribution is -0.149. The van der Waals surface area contributed by atoms with Gasteiger partial charge in [-0.15, -0.1) is 0 Å². The van der Waals surface area contributed by atoms with E-state index in [4.69, 9.17) is 4.74 Å². The highest BCUT2D eigenvalue weighted by Gasteiger charge is 2.41. The van der Waals surface area contributed by atoms with E-state index in [1.165, 1.54) is 0 Å². The molecule has 164 valence electrons. The third-order valence-electron chi connectivity index (χ3n) is 6.49. The number of hydrogen-bond donors (Lipinski definition) is 0. The van der Waals surface area contributed by atoms with Gasteiger partial charge in [-0.25, -0.2) is 0 Å². The van der Waals surface area contributed by atoms with Gasteiger partial charge in [0.15, 0.2) is 0 Å². The van der Waals surface area contributed by atoms with Crippen LogP contribution in [0.1, 0.15) is 49.3 Å². The van der Waals surface area contributed by atoms with Crippen LogP contribution in [-0.4, -0.2) is 47.9 Å². The third-order valence-corrected chi connectivity index (χ3v) is 6.49. The zero-order valence-corrected chi connectivity index (χ0v) is 18.3. The average molecular weight is 421 g/mol. The second kappa shape index (κ2) is 10.1. The van der Waals surface area contributed by atoms with E-state index in [2.05, 4.69) is 0 Å². The first-order valence-corrected chi connectivity index (χ1v) is 11.4. The first-order chi connectivity index (χ1) is 15.1. The van der Waals surface area contributed by atoms with Crippen LogP contribution in [0.25, 0.3) is 0 Å². The molecule has 2 aromatic carbocycles. The van der Waals surface area contributed by atoms with E-state index in [1.54, 1.807) is 0 Å². The van der Waals surface area contributed by atoms with Gasteiger partial charge in [-0.1, -0.05) is 60.7 Å². The fraction of sp³-hybridized carbons (Fsp3) is 0.462. The molecule has 2 saturated heterocycles. The highest BCUT2D eigenvalue weighted by molar-refractivity contribution is 5.85. The van der Waals surface area contributed by atoms with Crippen molar-refractivity contribution >= 4 is 11.8 Å². The van der Waals surface area contributed by atoms with Crippen molar-refractivity contribution < 1.29 is 14.3 Å². The fourth-order valence-corrected chi connectivity index (χ4v) is 4.87. The van der Waals surface area contributed by atoms with E-state index in [9.17, 15) is 9.59 Å². The molecule has 2 aliphatic rings. The van der Waals surface area contributed by atoms with E-state index in [-0.39, 0.29) is 29.9 Å². The Morgan fingerprint density at radius 3 is 2.42 bits per heavy atom. The Bertz CT molecular complexity index is 865. The normalized spacial score (nSPS) is 24.1. The quantitative estimate of drug-likeness (QED) is 0.704. The van der Waals surface area contributed by atoms with Gasteiger partial charge in [-0.2, -0.15) is 0 Å². The van der Waals surface area contributed by atoms with Crippen LogP contribution in [0.4, 0.5) is 0 Å². The summed E-state index contributed by atoms with van der Waals surface area (Å²) in [5, 5.41) is 0. The monoisotopic (exact) mass is 420 g/mol. The van der Waals surface area contributed by atoms with Crippen LogP contribution in [0.2, 0.25) is 0 Å². The van der Waals surface area contributed by atoms with E-state index >= 15 is 0 Å². The molecule has 0 aromatic heterocycles. The van der Waals surface area contributed by atoms with Gasteiger partial charge in [-0.05, 0) is 36.8 Å². The minimum absolute atomic E-state index is 0.105. The largest absolute Gasteiger partial charge is 0.376 e. The molecule has 0 radical (unpaired) electrons. The highest BCUT2D eigenvalue weighted by Crippen LogP contribution is 2.38. The van der Waals surface area contributed by atoms with Crippen molar-refractivity contribution in [2.24, 2.45) is 5.92 Å². The van der Waals surface area contributed by atoms with Gasteiger partial charge >= 0.3 is 0 Å². The number of likely N-dealkylation sites (N-methyl/N-ethyl adjacent to an activating group) is 1. The molecule has 0 saturated carbocycles. The van der Waals surface area contributed by atoms with Crippen molar-refractivity contribution in [2.45, 2.75) is 50.8 Å². The number of benzene rings is 2. The summed E-state index contributed by atoms with van der Waals surface area (Å²) in [4.78, 5) is 30.3. The number of rotatable bonds is 6. The van der Waals surface area contributed by atoms with E-state index in [0.29, 0.717) is 25.9 Å². The number of carbonyl (C=O) groups excluding carboxylic acids is 2. The van der Waals surface area contributed by atoms with Gasteiger partial charge < -0.3 is 14.5 Å². The van der Waals surface area contributed by atoms with Gasteiger partial charge in [-0.3, -0.25) is 9.59 Å². The summed E-state index contributed by atoms with van der Waals surface area (Å²) < 4.78 is 5.86. The topological polar surface area (TPSA) is 49.9 Å². The predicted octanol–water partition coefficient (Wildman–Crippen LogP) is 4.19. The minimum Gasteiger partial charge on any atom is -0.376 e. The van der Waals surface area contributed by atoms with E-state index < -0.39 is 0 Å². The zero-order chi connectivity index (χ0) is 21.6. The summed E-state index contributed by atoms with van der Waals surface area (Å²) in [7, 11) is 1.88. The maximum Gasteiger partial charge on any atom is 0.227 e. The van der Waals surface area contributed by atoms with Crippen molar-refractivity contribution in [1.29, 1.82) is 0 Å². The summed E-state index contributed by atoms with van der Waals surface area (Å²) in [6, 6.07) is 19.8. The molecule has 0 N–H and O–H groups in total. The van der Waals surface area contributed by atoms with Crippen molar-refractivity contribution in [3.05, 3.63) is 71.8 Å². The van der Waals surface area contributed by atoms with Crippen LogP contribution in [0.15, 0.2) is 60.7 Å². The Hall–Kier alpha value is -2.66. The maximum atomic E-state index is 13.6. The molecule has 2 aliphatic heterocycles. The third kappa shape index (κ3) is 5.16. The summed E-state index contributed by atoms with van der Waals surface area (Å²) >= 11 is 0. The molecule has 2 heterocycles. The van der Waals surface area contributed by atoms with Crippen LogP contribution in [0.3, 0.4) is 0 Å². The maximum absolute atomic E-state index is 13.6. The molecule has 2 fully saturated rings. The lowest BCUT2D eigenvalue weighted by Crippen LogP contribution is -2.49. The van der Waals surface area contributed by atoms with Crippen LogP contribution < -0.4 is 0 Å². The van der Waals surface area contributed by atoms with Crippen molar-refractivity contribution in [3.8, 4) is 0 Å². The number of likely N-dealkylation sites (tertiary alicyclic amines) is 1. The molecule has 0 bridgehead atoms. The van der Waals surface area contributed by atoms with Crippen LogP contribution in [-0.2, 0) is 20.9 Å². The van der Waals surface area contributed by atoms with E-state index in [1.807, 2.05) is 77.5 Å². The van der Waals surface area contributed by atoms with Gasteiger partial charge in [0, 0.05) is 33.2 Å². The van der Waals surface area contributed by atoms with Crippen LogP contribution >= 0.6 is 0 Å². The summed E-state index contributed by atoms with van der Waals surface area (Å²) in [5.74, 6) is -0.0361. The van der Waals surface area contributed by atoms with Crippen molar-refractivity contribution in [2.75, 3.05) is 20.2 Å². The molecule has 0 spiro atoms. The van der Waals surface area contributed by atoms with Gasteiger partial charge in [0.1, 0.15) is 0 Å². The number of ether oxygens (including phenoxy) is 1. The minimum atomic E-state index is -0.259. The van der Waals surface area contributed by atoms with E-state index in [0.717, 1.165) is 37.0 Å². The molecule has 2 amide bonds. The van der Waals surface area contributed by atoms with Gasteiger partial charge in [0.2, 0.25) is 11.8 Å². The highest BCUT2D eigenvalue weighted by atomic mass is 16.5. The van der Waals surface area contributed by atoms with Crippen molar-refractivity contribution in [1.82, 2.24) is 9.80 Å². The first kappa shape index (κ1) is 21.6.